The van der Waals surface area contributed by atoms with Crippen LogP contribution in [0.25, 0.3) is 11.0 Å². The molecule has 2 aromatic carbocycles. The van der Waals surface area contributed by atoms with Crippen molar-refractivity contribution in [3.05, 3.63) is 64.6 Å². The van der Waals surface area contributed by atoms with Crippen molar-refractivity contribution < 1.29 is 18.4 Å². The molecule has 234 valence electrons. The van der Waals surface area contributed by atoms with E-state index in [1.54, 1.807) is 11.6 Å². The molecule has 2 unspecified atom stereocenters. The molecule has 10 nitrogen and oxygen atoms in total. The number of benzene rings is 2. The largest absolute Gasteiger partial charge is 0.369 e. The van der Waals surface area contributed by atoms with Gasteiger partial charge in [-0.2, -0.15) is 0 Å². The zero-order chi connectivity index (χ0) is 30.6. The van der Waals surface area contributed by atoms with E-state index in [1.165, 1.54) is 4.57 Å². The first-order valence-electron chi connectivity index (χ1n) is 15.6. The summed E-state index contributed by atoms with van der Waals surface area (Å²) in [6, 6.07) is 14.6. The predicted molar refractivity (Wildman–Crippen MR) is 163 cm³/mol. The molecule has 4 aliphatic heterocycles. The second kappa shape index (κ2) is 11.4. The minimum absolute atomic E-state index is 0.195. The number of rotatable bonds is 6. The summed E-state index contributed by atoms with van der Waals surface area (Å²) in [4.78, 5) is 45.8. The highest BCUT2D eigenvalue weighted by Crippen LogP contribution is 2.35. The maximum atomic E-state index is 15.2. The van der Waals surface area contributed by atoms with Crippen LogP contribution in [0, 0.1) is 0 Å². The smallest absolute Gasteiger partial charge is 0.329 e. The Balaban J connectivity index is 0.941. The summed E-state index contributed by atoms with van der Waals surface area (Å²) >= 11 is 0. The van der Waals surface area contributed by atoms with Gasteiger partial charge >= 0.3 is 5.69 Å². The molecule has 4 fully saturated rings. The predicted octanol–water partition coefficient (Wildman–Crippen LogP) is 2.03. The summed E-state index contributed by atoms with van der Waals surface area (Å²) in [5.74, 6) is -3.48. The SMILES string of the molecule is Cn1c(=O)n(C2CCC(=O)NC2=O)c2ccc(N3CCN(C4CN(C5CCN(Cc6ccccc6)CC5(F)F)C4)CC3)cc21. The molecular weight excluding hydrogens is 568 g/mol. The number of amides is 2. The van der Waals surface area contributed by atoms with Gasteiger partial charge in [-0.05, 0) is 36.6 Å². The number of alkyl halides is 2. The molecule has 0 saturated carbocycles. The summed E-state index contributed by atoms with van der Waals surface area (Å²) in [6.45, 7) is 5.71. The molecule has 7 rings (SSSR count). The molecular formula is C32H39F2N7O3. The van der Waals surface area contributed by atoms with Gasteiger partial charge in [-0.25, -0.2) is 13.6 Å². The maximum absolute atomic E-state index is 15.2. The van der Waals surface area contributed by atoms with E-state index >= 15 is 8.78 Å². The average molecular weight is 608 g/mol. The van der Waals surface area contributed by atoms with Gasteiger partial charge in [0.1, 0.15) is 6.04 Å². The van der Waals surface area contributed by atoms with Crippen LogP contribution in [0.3, 0.4) is 0 Å². The molecule has 12 heteroatoms. The van der Waals surface area contributed by atoms with Crippen LogP contribution in [-0.2, 0) is 23.2 Å². The maximum Gasteiger partial charge on any atom is 0.329 e. The Morgan fingerprint density at radius 2 is 1.64 bits per heavy atom. The third-order valence-corrected chi connectivity index (χ3v) is 10.0. The Kier molecular flexibility index (Phi) is 7.54. The summed E-state index contributed by atoms with van der Waals surface area (Å²) in [5, 5.41) is 2.35. The molecule has 0 radical (unpaired) electrons. The van der Waals surface area contributed by atoms with E-state index in [0.717, 1.165) is 42.9 Å². The molecule has 5 heterocycles. The van der Waals surface area contributed by atoms with E-state index in [1.807, 2.05) is 58.3 Å². The molecule has 44 heavy (non-hydrogen) atoms. The number of piperidine rings is 2. The van der Waals surface area contributed by atoms with Crippen molar-refractivity contribution in [1.82, 2.24) is 29.2 Å². The number of hydrogen-bond donors (Lipinski definition) is 1. The third-order valence-electron chi connectivity index (χ3n) is 10.0. The molecule has 4 aliphatic rings. The van der Waals surface area contributed by atoms with Crippen LogP contribution in [-0.4, -0.2) is 106 Å². The monoisotopic (exact) mass is 607 g/mol. The van der Waals surface area contributed by atoms with Crippen molar-refractivity contribution in [3.63, 3.8) is 0 Å². The van der Waals surface area contributed by atoms with Crippen LogP contribution in [0.5, 0.6) is 0 Å². The van der Waals surface area contributed by atoms with Gasteiger partial charge in [0, 0.05) is 77.6 Å². The minimum Gasteiger partial charge on any atom is -0.369 e. The Morgan fingerprint density at radius 3 is 2.34 bits per heavy atom. The van der Waals surface area contributed by atoms with E-state index < -0.39 is 23.9 Å². The number of nitrogens with one attached hydrogen (secondary N) is 1. The fourth-order valence-corrected chi connectivity index (χ4v) is 7.52. The van der Waals surface area contributed by atoms with Crippen LogP contribution in [0.1, 0.15) is 30.9 Å². The van der Waals surface area contributed by atoms with Gasteiger partial charge in [-0.15, -0.1) is 0 Å². The normalized spacial score (nSPS) is 25.8. The average Bonchev–Trinajstić information content (AvgIpc) is 3.23. The highest BCUT2D eigenvalue weighted by Gasteiger charge is 2.51. The first kappa shape index (κ1) is 29.1. The first-order valence-corrected chi connectivity index (χ1v) is 15.6. The molecule has 4 saturated heterocycles. The number of fused-ring (bicyclic) bond motifs is 1. The number of aromatic nitrogens is 2. The zero-order valence-electron chi connectivity index (χ0n) is 25.0. The number of imide groups is 1. The fraction of sp³-hybridized carbons (Fsp3) is 0.531. The lowest BCUT2D eigenvalue weighted by atomic mass is 9.93. The van der Waals surface area contributed by atoms with Gasteiger partial charge in [0.05, 0.1) is 23.6 Å². The molecule has 0 aliphatic carbocycles. The Bertz CT molecular complexity index is 1610. The lowest BCUT2D eigenvalue weighted by Gasteiger charge is -2.53. The summed E-state index contributed by atoms with van der Waals surface area (Å²) < 4.78 is 33.6. The summed E-state index contributed by atoms with van der Waals surface area (Å²) in [7, 11) is 1.70. The highest BCUT2D eigenvalue weighted by molar-refractivity contribution is 6.00. The van der Waals surface area contributed by atoms with E-state index in [4.69, 9.17) is 0 Å². The van der Waals surface area contributed by atoms with Crippen molar-refractivity contribution in [2.75, 3.05) is 57.3 Å². The number of carbonyl (C=O) groups excluding carboxylic acids is 2. The van der Waals surface area contributed by atoms with Gasteiger partial charge in [0.25, 0.3) is 5.92 Å². The Morgan fingerprint density at radius 1 is 0.886 bits per heavy atom. The van der Waals surface area contributed by atoms with Crippen molar-refractivity contribution in [2.24, 2.45) is 7.05 Å². The lowest BCUT2D eigenvalue weighted by Crippen LogP contribution is -2.69. The van der Waals surface area contributed by atoms with Crippen molar-refractivity contribution in [2.45, 2.75) is 49.9 Å². The molecule has 1 aromatic heterocycles. The van der Waals surface area contributed by atoms with Crippen molar-refractivity contribution in [1.29, 1.82) is 0 Å². The van der Waals surface area contributed by atoms with E-state index in [2.05, 4.69) is 15.1 Å². The number of anilines is 1. The van der Waals surface area contributed by atoms with Gasteiger partial charge in [-0.3, -0.25) is 38.7 Å². The van der Waals surface area contributed by atoms with E-state index in [-0.39, 0.29) is 24.6 Å². The van der Waals surface area contributed by atoms with Crippen LogP contribution in [0.15, 0.2) is 53.3 Å². The Labute approximate surface area is 254 Å². The van der Waals surface area contributed by atoms with Crippen LogP contribution >= 0.6 is 0 Å². The standard InChI is InChI=1S/C32H39F2N7O3/c1-36-27-17-23(7-8-25(27)41(31(36)44)26-9-10-29(42)35-30(26)43)38-13-15-39(16-14-38)24-19-40(20-24)28-11-12-37(21-32(28,33)34)18-22-5-3-2-4-6-22/h2-8,17,24,26,28H,9-16,18-21H2,1H3,(H,35,42,43). The number of halogens is 2. The second-order valence-electron chi connectivity index (χ2n) is 12.7. The van der Waals surface area contributed by atoms with Crippen molar-refractivity contribution >= 4 is 28.5 Å². The van der Waals surface area contributed by atoms with Gasteiger partial charge < -0.3 is 4.90 Å². The number of hydrogen-bond acceptors (Lipinski definition) is 7. The molecule has 2 amide bonds. The fourth-order valence-electron chi connectivity index (χ4n) is 7.52. The number of imidazole rings is 1. The molecule has 0 spiro atoms. The number of aryl methyl sites for hydroxylation is 1. The van der Waals surface area contributed by atoms with Crippen molar-refractivity contribution in [3.8, 4) is 0 Å². The number of carbonyl (C=O) groups is 2. The number of piperazine rings is 1. The summed E-state index contributed by atoms with van der Waals surface area (Å²) in [6.07, 6.45) is 0.991. The van der Waals surface area contributed by atoms with Crippen LogP contribution in [0.4, 0.5) is 14.5 Å². The number of nitrogens with zero attached hydrogens (tertiary/aromatic N) is 6. The molecule has 0 bridgehead atoms. The molecule has 2 atom stereocenters. The second-order valence-corrected chi connectivity index (χ2v) is 12.7. The lowest BCUT2D eigenvalue weighted by molar-refractivity contribution is -0.154. The van der Waals surface area contributed by atoms with Crippen LogP contribution in [0.2, 0.25) is 0 Å². The zero-order valence-corrected chi connectivity index (χ0v) is 25.0. The topological polar surface area (TPSA) is 86.1 Å². The van der Waals surface area contributed by atoms with Gasteiger partial charge in [0.2, 0.25) is 11.8 Å². The van der Waals surface area contributed by atoms with Crippen LogP contribution < -0.4 is 15.9 Å². The first-order chi connectivity index (χ1) is 21.2. The summed E-state index contributed by atoms with van der Waals surface area (Å²) in [5.41, 5.74) is 3.21. The minimum atomic E-state index is -2.73. The van der Waals surface area contributed by atoms with Gasteiger partial charge in [0.15, 0.2) is 0 Å². The molecule has 1 N–H and O–H groups in total. The quantitative estimate of drug-likeness (QED) is 0.430. The van der Waals surface area contributed by atoms with E-state index in [9.17, 15) is 14.4 Å². The van der Waals surface area contributed by atoms with Gasteiger partial charge in [-0.1, -0.05) is 30.3 Å². The number of likely N-dealkylation sites (tertiary alicyclic amines) is 2. The Hall–Kier alpha value is -3.61. The highest BCUT2D eigenvalue weighted by atomic mass is 19.3. The third kappa shape index (κ3) is 5.33. The molecule has 3 aromatic rings. The van der Waals surface area contributed by atoms with E-state index in [0.29, 0.717) is 50.6 Å².